The van der Waals surface area contributed by atoms with E-state index in [1.54, 1.807) is 0 Å². The number of nitrogens with zero attached hydrogens (tertiary/aromatic N) is 1. The fraction of sp³-hybridized carbons (Fsp3) is 0.702. The fourth-order valence-electron chi connectivity index (χ4n) is 5.52. The SMILES string of the molecule is CCCCC/C=C\C/C=C\C/C=C\CCCCCCC(=O)OCC(COP(=O)(O)OCCN(C)C)OC(=O)CCCCCC/C=C\C/C=C\C/C=C\CCCCC. The average molecular weight is 820 g/mol. The third-order valence-corrected chi connectivity index (χ3v) is 9.97. The highest BCUT2D eigenvalue weighted by molar-refractivity contribution is 7.47. The Hall–Kier alpha value is -2.55. The van der Waals surface area contributed by atoms with Gasteiger partial charge in [-0.15, -0.1) is 0 Å². The van der Waals surface area contributed by atoms with Gasteiger partial charge in [0.15, 0.2) is 6.10 Å². The first-order chi connectivity index (χ1) is 27.7. The van der Waals surface area contributed by atoms with Crippen LogP contribution in [-0.2, 0) is 32.7 Å². The van der Waals surface area contributed by atoms with E-state index in [0.717, 1.165) is 77.0 Å². The van der Waals surface area contributed by atoms with Gasteiger partial charge in [0.2, 0.25) is 0 Å². The summed E-state index contributed by atoms with van der Waals surface area (Å²) in [5.74, 6) is -0.859. The predicted octanol–water partition coefficient (Wildman–Crippen LogP) is 12.9. The van der Waals surface area contributed by atoms with Crippen LogP contribution in [-0.4, -0.2) is 68.3 Å². The van der Waals surface area contributed by atoms with Gasteiger partial charge in [0, 0.05) is 19.4 Å². The molecule has 0 saturated carbocycles. The van der Waals surface area contributed by atoms with E-state index in [4.69, 9.17) is 18.5 Å². The van der Waals surface area contributed by atoms with Crippen LogP contribution in [0.2, 0.25) is 0 Å². The third-order valence-electron chi connectivity index (χ3n) is 8.99. The van der Waals surface area contributed by atoms with Crippen molar-refractivity contribution in [2.45, 2.75) is 174 Å². The molecule has 0 fully saturated rings. The summed E-state index contributed by atoms with van der Waals surface area (Å²) in [4.78, 5) is 37.0. The van der Waals surface area contributed by atoms with Crippen molar-refractivity contribution < 1.29 is 37.6 Å². The number of rotatable bonds is 40. The summed E-state index contributed by atoms with van der Waals surface area (Å²) in [5.41, 5.74) is 0. The van der Waals surface area contributed by atoms with Crippen molar-refractivity contribution in [2.24, 2.45) is 0 Å². The highest BCUT2D eigenvalue weighted by Gasteiger charge is 2.26. The lowest BCUT2D eigenvalue weighted by atomic mass is 10.1. The van der Waals surface area contributed by atoms with Gasteiger partial charge in [-0.1, -0.05) is 138 Å². The first-order valence-corrected chi connectivity index (χ1v) is 23.7. The lowest BCUT2D eigenvalue weighted by molar-refractivity contribution is -0.161. The molecule has 10 heteroatoms. The van der Waals surface area contributed by atoms with E-state index < -0.39 is 32.5 Å². The topological polar surface area (TPSA) is 112 Å². The van der Waals surface area contributed by atoms with Crippen LogP contribution in [0.5, 0.6) is 0 Å². The molecule has 0 amide bonds. The van der Waals surface area contributed by atoms with Crippen LogP contribution in [0, 0.1) is 0 Å². The molecule has 0 aliphatic rings. The van der Waals surface area contributed by atoms with Gasteiger partial charge in [0.25, 0.3) is 0 Å². The van der Waals surface area contributed by atoms with Crippen molar-refractivity contribution in [2.75, 3.05) is 40.5 Å². The molecule has 0 spiro atoms. The van der Waals surface area contributed by atoms with Gasteiger partial charge in [0.1, 0.15) is 6.61 Å². The van der Waals surface area contributed by atoms with Gasteiger partial charge in [-0.05, 0) is 104 Å². The van der Waals surface area contributed by atoms with Gasteiger partial charge in [0.05, 0.1) is 13.2 Å². The minimum atomic E-state index is -4.38. The number of unbranched alkanes of at least 4 members (excludes halogenated alkanes) is 14. The number of ether oxygens (including phenoxy) is 2. The monoisotopic (exact) mass is 820 g/mol. The molecular weight excluding hydrogens is 737 g/mol. The van der Waals surface area contributed by atoms with Crippen LogP contribution in [0.1, 0.15) is 168 Å². The smallest absolute Gasteiger partial charge is 0.462 e. The Balaban J connectivity index is 4.39. The molecule has 0 rings (SSSR count). The number of phosphoric ester groups is 1. The minimum absolute atomic E-state index is 0.00479. The van der Waals surface area contributed by atoms with E-state index in [2.05, 4.69) is 86.8 Å². The first kappa shape index (κ1) is 54.5. The van der Waals surface area contributed by atoms with E-state index in [0.29, 0.717) is 19.4 Å². The molecule has 0 heterocycles. The Morgan fingerprint density at radius 2 is 0.947 bits per heavy atom. The summed E-state index contributed by atoms with van der Waals surface area (Å²) in [6.07, 6.45) is 49.4. The molecule has 0 aromatic carbocycles. The Bertz CT molecular complexity index is 1180. The molecule has 0 bridgehead atoms. The van der Waals surface area contributed by atoms with E-state index >= 15 is 0 Å². The van der Waals surface area contributed by atoms with Crippen LogP contribution >= 0.6 is 7.82 Å². The Morgan fingerprint density at radius 3 is 1.39 bits per heavy atom. The van der Waals surface area contributed by atoms with Crippen molar-refractivity contribution in [1.29, 1.82) is 0 Å². The van der Waals surface area contributed by atoms with Crippen molar-refractivity contribution in [1.82, 2.24) is 4.90 Å². The zero-order valence-electron chi connectivity index (χ0n) is 36.5. The van der Waals surface area contributed by atoms with Crippen molar-refractivity contribution in [3.8, 4) is 0 Å². The third kappa shape index (κ3) is 42.9. The summed E-state index contributed by atoms with van der Waals surface area (Å²) in [5, 5.41) is 0. The number of likely N-dealkylation sites (N-methyl/N-ethyl adjacent to an activating group) is 1. The van der Waals surface area contributed by atoms with Crippen LogP contribution in [0.4, 0.5) is 0 Å². The van der Waals surface area contributed by atoms with Gasteiger partial charge in [-0.2, -0.15) is 0 Å². The highest BCUT2D eigenvalue weighted by atomic mass is 31.2. The van der Waals surface area contributed by atoms with E-state index in [9.17, 15) is 19.0 Å². The molecule has 328 valence electrons. The number of phosphoric acid groups is 1. The molecule has 0 aliphatic heterocycles. The molecule has 0 saturated heterocycles. The standard InChI is InChI=1S/C47H82NO8P/c1-5-7-9-11-13-15-17-19-21-23-25-27-29-31-33-35-37-39-46(49)53-43-45(44-55-57(51,52)54-42-41-48(3)4)56-47(50)40-38-36-34-32-30-28-26-24-22-20-18-16-14-12-10-8-6-2/h13-16,19-22,25-28,45H,5-12,17-18,23-24,29-44H2,1-4H3,(H,51,52)/b15-13-,16-14-,21-19-,22-20-,27-25-,28-26-. The lowest BCUT2D eigenvalue weighted by Gasteiger charge is -2.20. The molecule has 0 aromatic heterocycles. The van der Waals surface area contributed by atoms with Gasteiger partial charge in [-0.25, -0.2) is 4.57 Å². The average Bonchev–Trinajstić information content (AvgIpc) is 3.18. The maximum Gasteiger partial charge on any atom is 0.472 e. The van der Waals surface area contributed by atoms with Gasteiger partial charge < -0.3 is 19.3 Å². The van der Waals surface area contributed by atoms with Crippen LogP contribution in [0.25, 0.3) is 0 Å². The second-order valence-corrected chi connectivity index (χ2v) is 16.3. The quantitative estimate of drug-likeness (QED) is 0.0279. The molecular formula is C47H82NO8P. The maximum absolute atomic E-state index is 12.7. The predicted molar refractivity (Wildman–Crippen MR) is 238 cm³/mol. The zero-order chi connectivity index (χ0) is 41.9. The zero-order valence-corrected chi connectivity index (χ0v) is 37.4. The second kappa shape index (κ2) is 41.6. The summed E-state index contributed by atoms with van der Waals surface area (Å²) >= 11 is 0. The molecule has 2 atom stereocenters. The van der Waals surface area contributed by atoms with E-state index in [-0.39, 0.29) is 26.1 Å². The summed E-state index contributed by atoms with van der Waals surface area (Å²) in [7, 11) is -0.744. The molecule has 0 aromatic rings. The minimum Gasteiger partial charge on any atom is -0.462 e. The molecule has 0 radical (unpaired) electrons. The normalized spacial score (nSPS) is 14.1. The van der Waals surface area contributed by atoms with E-state index in [1.165, 1.54) is 51.4 Å². The van der Waals surface area contributed by atoms with E-state index in [1.807, 2.05) is 19.0 Å². The molecule has 9 nitrogen and oxygen atoms in total. The van der Waals surface area contributed by atoms with Crippen molar-refractivity contribution >= 4 is 19.8 Å². The number of esters is 2. The number of hydrogen-bond donors (Lipinski definition) is 1. The lowest BCUT2D eigenvalue weighted by Crippen LogP contribution is -2.29. The first-order valence-electron chi connectivity index (χ1n) is 22.2. The number of carbonyl (C=O) groups excluding carboxylic acids is 2. The summed E-state index contributed by atoms with van der Waals surface area (Å²) in [6, 6.07) is 0. The summed E-state index contributed by atoms with van der Waals surface area (Å²) < 4.78 is 33.4. The van der Waals surface area contributed by atoms with Gasteiger partial charge in [-0.3, -0.25) is 18.6 Å². The highest BCUT2D eigenvalue weighted by Crippen LogP contribution is 2.43. The van der Waals surface area contributed by atoms with Crippen LogP contribution in [0.15, 0.2) is 72.9 Å². The number of carbonyl (C=O) groups is 2. The number of hydrogen-bond acceptors (Lipinski definition) is 8. The largest absolute Gasteiger partial charge is 0.472 e. The fourth-order valence-corrected chi connectivity index (χ4v) is 6.26. The Morgan fingerprint density at radius 1 is 0.544 bits per heavy atom. The number of allylic oxidation sites excluding steroid dienone is 12. The Labute approximate surface area is 348 Å². The molecule has 0 aliphatic carbocycles. The van der Waals surface area contributed by atoms with Crippen LogP contribution < -0.4 is 0 Å². The Kier molecular flexibility index (Phi) is 39.7. The van der Waals surface area contributed by atoms with Crippen molar-refractivity contribution in [3.05, 3.63) is 72.9 Å². The van der Waals surface area contributed by atoms with Crippen molar-refractivity contribution in [3.63, 3.8) is 0 Å². The molecule has 1 N–H and O–H groups in total. The summed E-state index contributed by atoms with van der Waals surface area (Å²) in [6.45, 7) is 4.20. The molecule has 57 heavy (non-hydrogen) atoms. The van der Waals surface area contributed by atoms with Crippen LogP contribution in [0.3, 0.4) is 0 Å². The maximum atomic E-state index is 12.7. The molecule has 2 unspecified atom stereocenters. The van der Waals surface area contributed by atoms with Gasteiger partial charge >= 0.3 is 19.8 Å². The second-order valence-electron chi connectivity index (χ2n) is 14.9.